The molecule has 1 amide bonds. The molecule has 6 heteroatoms. The Kier molecular flexibility index (Phi) is 6.01. The quantitative estimate of drug-likeness (QED) is 0.823. The summed E-state index contributed by atoms with van der Waals surface area (Å²) in [6.45, 7) is 5.99. The number of carbonyl (C=O) groups excluding carboxylic acids is 1. The number of ether oxygens (including phenoxy) is 1. The van der Waals surface area contributed by atoms with Gasteiger partial charge in [0, 0.05) is 22.8 Å². The van der Waals surface area contributed by atoms with E-state index in [2.05, 4.69) is 26.2 Å². The molecule has 1 rings (SSSR count). The second-order valence-corrected chi connectivity index (χ2v) is 6.16. The molecule has 0 saturated carbocycles. The van der Waals surface area contributed by atoms with Crippen molar-refractivity contribution >= 4 is 33.9 Å². The fourth-order valence-electron chi connectivity index (χ4n) is 1.38. The monoisotopic (exact) mass is 341 g/mol. The Morgan fingerprint density at radius 3 is 2.90 bits per heavy atom. The van der Waals surface area contributed by atoms with Crippen LogP contribution in [0.3, 0.4) is 0 Å². The van der Waals surface area contributed by atoms with Crippen LogP contribution in [0.1, 0.15) is 32.8 Å². The summed E-state index contributed by atoms with van der Waals surface area (Å²) in [5, 5.41) is 2.68. The maximum Gasteiger partial charge on any atom is 0.407 e. The van der Waals surface area contributed by atoms with E-state index in [9.17, 15) is 4.79 Å². The van der Waals surface area contributed by atoms with Crippen molar-refractivity contribution in [3.05, 3.63) is 28.4 Å². The second-order valence-electron chi connectivity index (χ2n) is 5.25. The van der Waals surface area contributed by atoms with Crippen LogP contribution in [0, 0.1) is 0 Å². The molecule has 0 aliphatic carbocycles. The molecule has 0 fully saturated rings. The Balaban J connectivity index is 2.36. The van der Waals surface area contributed by atoms with E-state index in [1.54, 1.807) is 6.20 Å². The molecule has 0 atom stereocenters. The van der Waals surface area contributed by atoms with E-state index in [0.29, 0.717) is 18.8 Å². The van der Waals surface area contributed by atoms with Gasteiger partial charge in [0.05, 0.1) is 0 Å². The summed E-state index contributed by atoms with van der Waals surface area (Å²) in [6, 6.07) is 1.89. The van der Waals surface area contributed by atoms with Crippen molar-refractivity contribution < 1.29 is 9.53 Å². The zero-order chi connectivity index (χ0) is 15.2. The maximum atomic E-state index is 11.4. The van der Waals surface area contributed by atoms with Gasteiger partial charge in [0.1, 0.15) is 11.4 Å². The minimum Gasteiger partial charge on any atom is -0.444 e. The summed E-state index contributed by atoms with van der Waals surface area (Å²) < 4.78 is 6.00. The predicted molar refractivity (Wildman–Crippen MR) is 84.2 cm³/mol. The number of aromatic nitrogens is 1. The predicted octanol–water partition coefficient (Wildman–Crippen LogP) is 3.35. The van der Waals surface area contributed by atoms with Crippen molar-refractivity contribution in [1.82, 2.24) is 10.3 Å². The lowest BCUT2D eigenvalue weighted by atomic mass is 10.2. The average molecular weight is 342 g/mol. The normalized spacial score (nSPS) is 11.6. The number of nitrogen functional groups attached to an aromatic ring is 1. The van der Waals surface area contributed by atoms with E-state index < -0.39 is 11.7 Å². The highest BCUT2D eigenvalue weighted by Crippen LogP contribution is 2.16. The van der Waals surface area contributed by atoms with E-state index >= 15 is 0 Å². The van der Waals surface area contributed by atoms with Crippen LogP contribution in [-0.4, -0.2) is 23.2 Å². The molecule has 0 aromatic carbocycles. The van der Waals surface area contributed by atoms with Gasteiger partial charge in [0.15, 0.2) is 0 Å². The summed E-state index contributed by atoms with van der Waals surface area (Å²) in [6.07, 6.45) is 5.73. The van der Waals surface area contributed by atoms with Crippen molar-refractivity contribution in [2.24, 2.45) is 0 Å². The Hall–Kier alpha value is -1.56. The van der Waals surface area contributed by atoms with Gasteiger partial charge in [-0.3, -0.25) is 0 Å². The first-order chi connectivity index (χ1) is 9.28. The van der Waals surface area contributed by atoms with Crippen LogP contribution in [0.25, 0.3) is 6.08 Å². The molecule has 3 N–H and O–H groups in total. The fraction of sp³-hybridized carbons (Fsp3) is 0.429. The van der Waals surface area contributed by atoms with Crippen molar-refractivity contribution in [2.45, 2.75) is 32.8 Å². The molecule has 1 heterocycles. The highest BCUT2D eigenvalue weighted by Gasteiger charge is 2.15. The molecule has 0 bridgehead atoms. The fourth-order valence-corrected chi connectivity index (χ4v) is 1.73. The largest absolute Gasteiger partial charge is 0.444 e. The number of nitrogens with one attached hydrogen (secondary N) is 1. The number of carbonyl (C=O) groups is 1. The maximum absolute atomic E-state index is 11.4. The van der Waals surface area contributed by atoms with Crippen molar-refractivity contribution in [2.75, 3.05) is 12.3 Å². The van der Waals surface area contributed by atoms with Crippen LogP contribution >= 0.6 is 15.9 Å². The van der Waals surface area contributed by atoms with Crippen molar-refractivity contribution in [1.29, 1.82) is 0 Å². The number of alkyl carbamates (subject to hydrolysis) is 1. The summed E-state index contributed by atoms with van der Waals surface area (Å²) >= 11 is 3.34. The Labute approximate surface area is 127 Å². The standard InChI is InChI=1S/C14H20BrN3O2/c1-14(2,3)20-13(19)17-7-5-4-6-10-8-11(15)9-18-12(10)16/h4,6,8-9H,5,7H2,1-3H3,(H2,16,18)(H,17,19). The summed E-state index contributed by atoms with van der Waals surface area (Å²) in [5.41, 5.74) is 6.12. The third-order valence-electron chi connectivity index (χ3n) is 2.19. The Morgan fingerprint density at radius 2 is 2.25 bits per heavy atom. The van der Waals surface area contributed by atoms with Crippen LogP contribution in [0.15, 0.2) is 22.8 Å². The van der Waals surface area contributed by atoms with E-state index in [0.717, 1.165) is 10.0 Å². The molecule has 0 radical (unpaired) electrons. The van der Waals surface area contributed by atoms with Crippen LogP contribution in [0.2, 0.25) is 0 Å². The van der Waals surface area contributed by atoms with Gasteiger partial charge in [-0.25, -0.2) is 9.78 Å². The highest BCUT2D eigenvalue weighted by atomic mass is 79.9. The van der Waals surface area contributed by atoms with Crippen LogP contribution < -0.4 is 11.1 Å². The van der Waals surface area contributed by atoms with Gasteiger partial charge in [-0.05, 0) is 49.2 Å². The summed E-state index contributed by atoms with van der Waals surface area (Å²) in [4.78, 5) is 15.4. The van der Waals surface area contributed by atoms with E-state index in [4.69, 9.17) is 10.5 Å². The Bertz CT molecular complexity index is 496. The molecule has 1 aromatic rings. The van der Waals surface area contributed by atoms with E-state index in [1.165, 1.54) is 0 Å². The SMILES string of the molecule is CC(C)(C)OC(=O)NCCC=Cc1cc(Br)cnc1N. The van der Waals surface area contributed by atoms with Gasteiger partial charge in [0.2, 0.25) is 0 Å². The molecule has 5 nitrogen and oxygen atoms in total. The van der Waals surface area contributed by atoms with Gasteiger partial charge in [-0.15, -0.1) is 0 Å². The van der Waals surface area contributed by atoms with Gasteiger partial charge >= 0.3 is 6.09 Å². The van der Waals surface area contributed by atoms with Gasteiger partial charge < -0.3 is 15.8 Å². The summed E-state index contributed by atoms with van der Waals surface area (Å²) in [7, 11) is 0. The summed E-state index contributed by atoms with van der Waals surface area (Å²) in [5.74, 6) is 0.476. The van der Waals surface area contributed by atoms with Crippen molar-refractivity contribution in [3.63, 3.8) is 0 Å². The molecule has 110 valence electrons. The van der Waals surface area contributed by atoms with Crippen molar-refractivity contribution in [3.8, 4) is 0 Å². The molecule has 1 aromatic heterocycles. The molecule has 0 saturated heterocycles. The molecule has 0 spiro atoms. The van der Waals surface area contributed by atoms with E-state index in [-0.39, 0.29) is 0 Å². The number of hydrogen-bond acceptors (Lipinski definition) is 4. The minimum absolute atomic E-state index is 0.408. The molecule has 20 heavy (non-hydrogen) atoms. The lowest BCUT2D eigenvalue weighted by Crippen LogP contribution is -2.32. The first-order valence-corrected chi connectivity index (χ1v) is 7.11. The van der Waals surface area contributed by atoms with Crippen LogP contribution in [-0.2, 0) is 4.74 Å². The topological polar surface area (TPSA) is 77.2 Å². The number of rotatable bonds is 4. The first kappa shape index (κ1) is 16.5. The number of nitrogens with two attached hydrogens (primary N) is 1. The highest BCUT2D eigenvalue weighted by molar-refractivity contribution is 9.10. The van der Waals surface area contributed by atoms with Crippen LogP contribution in [0.5, 0.6) is 0 Å². The molecule has 0 unspecified atom stereocenters. The van der Waals surface area contributed by atoms with E-state index in [1.807, 2.05) is 39.0 Å². The molecular formula is C14H20BrN3O2. The lowest BCUT2D eigenvalue weighted by molar-refractivity contribution is 0.0529. The third-order valence-corrected chi connectivity index (χ3v) is 2.63. The zero-order valence-electron chi connectivity index (χ0n) is 11.9. The lowest BCUT2D eigenvalue weighted by Gasteiger charge is -2.19. The Morgan fingerprint density at radius 1 is 1.55 bits per heavy atom. The smallest absolute Gasteiger partial charge is 0.407 e. The molecule has 0 aliphatic rings. The number of amides is 1. The number of hydrogen-bond donors (Lipinski definition) is 2. The van der Waals surface area contributed by atoms with Gasteiger partial charge in [0.25, 0.3) is 0 Å². The number of nitrogens with zero attached hydrogens (tertiary/aromatic N) is 1. The first-order valence-electron chi connectivity index (χ1n) is 6.32. The number of halogens is 1. The number of anilines is 1. The molecular weight excluding hydrogens is 322 g/mol. The number of pyridine rings is 1. The van der Waals surface area contributed by atoms with Crippen LogP contribution in [0.4, 0.5) is 10.6 Å². The second kappa shape index (κ2) is 7.28. The van der Waals surface area contributed by atoms with Gasteiger partial charge in [-0.2, -0.15) is 0 Å². The molecule has 0 aliphatic heterocycles. The zero-order valence-corrected chi connectivity index (χ0v) is 13.5. The minimum atomic E-state index is -0.476. The third kappa shape index (κ3) is 6.56. The average Bonchev–Trinajstić information content (AvgIpc) is 2.30. The van der Waals surface area contributed by atoms with Gasteiger partial charge in [-0.1, -0.05) is 12.2 Å².